The summed E-state index contributed by atoms with van der Waals surface area (Å²) < 4.78 is 36.6. The van der Waals surface area contributed by atoms with Gasteiger partial charge in [-0.25, -0.2) is 4.39 Å². The first-order valence-electron chi connectivity index (χ1n) is 10.5. The van der Waals surface area contributed by atoms with Gasteiger partial charge in [-0.05, 0) is 43.9 Å². The zero-order valence-electron chi connectivity index (χ0n) is 17.0. The zero-order chi connectivity index (χ0) is 20.1. The average Bonchev–Trinajstić information content (AvgIpc) is 3.28. The predicted octanol–water partition coefficient (Wildman–Crippen LogP) is 2.08. The van der Waals surface area contributed by atoms with Crippen LogP contribution in [0.4, 0.5) is 4.39 Å². The molecule has 2 atom stereocenters. The highest BCUT2D eigenvalue weighted by Gasteiger charge is 2.32. The van der Waals surface area contributed by atoms with Crippen LogP contribution < -0.4 is 10.1 Å². The van der Waals surface area contributed by atoms with Gasteiger partial charge in [0.05, 0.1) is 19.3 Å². The van der Waals surface area contributed by atoms with E-state index in [4.69, 9.17) is 23.9 Å². The number of nitrogens with zero attached hydrogens (tertiary/aromatic N) is 2. The van der Waals surface area contributed by atoms with E-state index in [0.29, 0.717) is 26.2 Å². The summed E-state index contributed by atoms with van der Waals surface area (Å²) in [5.74, 6) is 1.34. The van der Waals surface area contributed by atoms with Gasteiger partial charge in [0.1, 0.15) is 17.7 Å². The standard InChI is InChI=1S/C21H30FN3O4/c1-2-23-21(25-7-9-28-19(12-25)18-4-3-8-27-18)24-6-5-15-10-17(22)11-16-13-26-14-29-20(15)16/h10-11,18-19H,2-9,12-14H2,1H3,(H,23,24). The molecule has 0 aliphatic carbocycles. The predicted molar refractivity (Wildman–Crippen MR) is 107 cm³/mol. The number of hydrogen-bond acceptors (Lipinski definition) is 5. The van der Waals surface area contributed by atoms with Crippen molar-refractivity contribution < 1.29 is 23.3 Å². The van der Waals surface area contributed by atoms with Gasteiger partial charge >= 0.3 is 0 Å². The highest BCUT2D eigenvalue weighted by molar-refractivity contribution is 5.80. The minimum Gasteiger partial charge on any atom is -0.467 e. The number of morpholine rings is 1. The molecule has 0 aromatic heterocycles. The number of hydrogen-bond donors (Lipinski definition) is 1. The van der Waals surface area contributed by atoms with Crippen LogP contribution in [0, 0.1) is 5.82 Å². The Labute approximate surface area is 171 Å². The van der Waals surface area contributed by atoms with Crippen molar-refractivity contribution in [3.63, 3.8) is 0 Å². The number of nitrogens with one attached hydrogen (secondary N) is 1. The van der Waals surface area contributed by atoms with Crippen LogP contribution in [0.15, 0.2) is 17.1 Å². The molecule has 0 radical (unpaired) electrons. The molecule has 0 bridgehead atoms. The van der Waals surface area contributed by atoms with Crippen LogP contribution in [0.1, 0.15) is 30.9 Å². The first-order valence-corrected chi connectivity index (χ1v) is 10.5. The van der Waals surface area contributed by atoms with E-state index in [-0.39, 0.29) is 24.8 Å². The topological polar surface area (TPSA) is 64.6 Å². The molecule has 2 saturated heterocycles. The molecule has 1 aromatic rings. The lowest BCUT2D eigenvalue weighted by Gasteiger charge is -2.37. The fraction of sp³-hybridized carbons (Fsp3) is 0.667. The Kier molecular flexibility index (Phi) is 6.84. The highest BCUT2D eigenvalue weighted by Crippen LogP contribution is 2.29. The number of halogens is 1. The van der Waals surface area contributed by atoms with Crippen molar-refractivity contribution in [2.75, 3.05) is 46.2 Å². The van der Waals surface area contributed by atoms with Gasteiger partial charge in [-0.1, -0.05) is 0 Å². The van der Waals surface area contributed by atoms with Gasteiger partial charge in [0, 0.05) is 38.3 Å². The molecule has 7 nitrogen and oxygen atoms in total. The van der Waals surface area contributed by atoms with Gasteiger partial charge in [-0.3, -0.25) is 4.99 Å². The smallest absolute Gasteiger partial charge is 0.194 e. The molecule has 3 heterocycles. The summed E-state index contributed by atoms with van der Waals surface area (Å²) in [6.07, 6.45) is 3.02. The number of benzene rings is 1. The summed E-state index contributed by atoms with van der Waals surface area (Å²) in [5, 5.41) is 3.38. The monoisotopic (exact) mass is 407 g/mol. The second-order valence-electron chi connectivity index (χ2n) is 7.56. The average molecular weight is 407 g/mol. The van der Waals surface area contributed by atoms with Crippen LogP contribution >= 0.6 is 0 Å². The fourth-order valence-electron chi connectivity index (χ4n) is 4.14. The van der Waals surface area contributed by atoms with E-state index in [0.717, 1.165) is 61.9 Å². The van der Waals surface area contributed by atoms with Gasteiger partial charge in [0.2, 0.25) is 0 Å². The number of rotatable bonds is 5. The summed E-state index contributed by atoms with van der Waals surface area (Å²) >= 11 is 0. The van der Waals surface area contributed by atoms with Crippen molar-refractivity contribution in [3.05, 3.63) is 29.1 Å². The molecule has 0 saturated carbocycles. The second-order valence-corrected chi connectivity index (χ2v) is 7.56. The molecule has 160 valence electrons. The van der Waals surface area contributed by atoms with Crippen LogP contribution in [0.5, 0.6) is 5.75 Å². The van der Waals surface area contributed by atoms with Gasteiger partial charge in [0.25, 0.3) is 0 Å². The Balaban J connectivity index is 1.42. The minimum atomic E-state index is -0.267. The molecule has 2 fully saturated rings. The number of fused-ring (bicyclic) bond motifs is 1. The van der Waals surface area contributed by atoms with Crippen molar-refractivity contribution in [1.29, 1.82) is 0 Å². The van der Waals surface area contributed by atoms with Crippen molar-refractivity contribution in [1.82, 2.24) is 10.2 Å². The first kappa shape index (κ1) is 20.4. The Bertz CT molecular complexity index is 724. The summed E-state index contributed by atoms with van der Waals surface area (Å²) in [6, 6.07) is 3.01. The molecule has 3 aliphatic rings. The van der Waals surface area contributed by atoms with Crippen LogP contribution in [0.3, 0.4) is 0 Å². The van der Waals surface area contributed by atoms with E-state index >= 15 is 0 Å². The van der Waals surface area contributed by atoms with E-state index in [1.807, 2.05) is 0 Å². The van der Waals surface area contributed by atoms with Crippen LogP contribution in [-0.4, -0.2) is 69.3 Å². The largest absolute Gasteiger partial charge is 0.467 e. The third-order valence-electron chi connectivity index (χ3n) is 5.50. The van der Waals surface area contributed by atoms with E-state index in [1.165, 1.54) is 12.1 Å². The van der Waals surface area contributed by atoms with Gasteiger partial charge in [0.15, 0.2) is 12.8 Å². The number of guanidine groups is 1. The Hall–Kier alpha value is -1.90. The van der Waals surface area contributed by atoms with Gasteiger partial charge < -0.3 is 29.2 Å². The quantitative estimate of drug-likeness (QED) is 0.596. The van der Waals surface area contributed by atoms with Crippen LogP contribution in [0.2, 0.25) is 0 Å². The van der Waals surface area contributed by atoms with E-state index in [9.17, 15) is 4.39 Å². The minimum absolute atomic E-state index is 0.0822. The van der Waals surface area contributed by atoms with Crippen molar-refractivity contribution in [2.24, 2.45) is 4.99 Å². The lowest BCUT2D eigenvalue weighted by Crippen LogP contribution is -2.53. The van der Waals surface area contributed by atoms with Crippen LogP contribution in [0.25, 0.3) is 0 Å². The first-order chi connectivity index (χ1) is 14.2. The lowest BCUT2D eigenvalue weighted by atomic mass is 10.1. The van der Waals surface area contributed by atoms with Crippen LogP contribution in [-0.2, 0) is 27.2 Å². The molecule has 2 unspecified atom stereocenters. The number of ether oxygens (including phenoxy) is 4. The lowest BCUT2D eigenvalue weighted by molar-refractivity contribution is -0.0817. The summed E-state index contributed by atoms with van der Waals surface area (Å²) in [4.78, 5) is 7.04. The molecular weight excluding hydrogens is 377 g/mol. The maximum atomic E-state index is 14.0. The molecular formula is C21H30FN3O4. The molecule has 0 amide bonds. The third kappa shape index (κ3) is 4.99. The molecule has 1 N–H and O–H groups in total. The van der Waals surface area contributed by atoms with Crippen molar-refractivity contribution in [2.45, 2.75) is 45.0 Å². The normalized spacial score (nSPS) is 24.9. The SMILES string of the molecule is CCNC(=NCCc1cc(F)cc2c1OCOC2)N1CCOC(C2CCCO2)C1. The van der Waals surface area contributed by atoms with Gasteiger partial charge in [-0.15, -0.1) is 0 Å². The summed E-state index contributed by atoms with van der Waals surface area (Å²) in [6.45, 7) is 7.03. The Morgan fingerprint density at radius 1 is 1.28 bits per heavy atom. The Morgan fingerprint density at radius 2 is 2.17 bits per heavy atom. The van der Waals surface area contributed by atoms with E-state index in [2.05, 4.69) is 17.1 Å². The molecule has 4 rings (SSSR count). The number of aliphatic imine (C=N–C) groups is 1. The van der Waals surface area contributed by atoms with E-state index in [1.54, 1.807) is 0 Å². The highest BCUT2D eigenvalue weighted by atomic mass is 19.1. The maximum absolute atomic E-state index is 14.0. The fourth-order valence-corrected chi connectivity index (χ4v) is 4.14. The molecule has 1 aromatic carbocycles. The Morgan fingerprint density at radius 3 is 3.00 bits per heavy atom. The van der Waals surface area contributed by atoms with Crippen molar-refractivity contribution in [3.8, 4) is 5.75 Å². The summed E-state index contributed by atoms with van der Waals surface area (Å²) in [7, 11) is 0. The molecule has 8 heteroatoms. The maximum Gasteiger partial charge on any atom is 0.194 e. The molecule has 0 spiro atoms. The third-order valence-corrected chi connectivity index (χ3v) is 5.50. The summed E-state index contributed by atoms with van der Waals surface area (Å²) in [5.41, 5.74) is 1.59. The van der Waals surface area contributed by atoms with Gasteiger partial charge in [-0.2, -0.15) is 0 Å². The molecule has 29 heavy (non-hydrogen) atoms. The zero-order valence-corrected chi connectivity index (χ0v) is 17.0. The van der Waals surface area contributed by atoms with Crippen molar-refractivity contribution >= 4 is 5.96 Å². The second kappa shape index (κ2) is 9.73. The molecule has 3 aliphatic heterocycles. The van der Waals surface area contributed by atoms with E-state index < -0.39 is 0 Å².